The van der Waals surface area contributed by atoms with Gasteiger partial charge >= 0.3 is 0 Å². The fourth-order valence-corrected chi connectivity index (χ4v) is 3.31. The molecule has 0 aliphatic rings. The molecule has 0 atom stereocenters. The summed E-state index contributed by atoms with van der Waals surface area (Å²) in [7, 11) is 0. The Morgan fingerprint density at radius 1 is 1.03 bits per heavy atom. The quantitative estimate of drug-likeness (QED) is 0.580. The van der Waals surface area contributed by atoms with Crippen LogP contribution in [0.25, 0.3) is 6.20 Å². The zero-order valence-electron chi connectivity index (χ0n) is 16.1. The van der Waals surface area contributed by atoms with Crippen LogP contribution in [0.2, 0.25) is 5.02 Å². The Balaban J connectivity index is 1.87. The van der Waals surface area contributed by atoms with Crippen LogP contribution in [0.5, 0.6) is 0 Å². The highest BCUT2D eigenvalue weighted by Crippen LogP contribution is 2.22. The summed E-state index contributed by atoms with van der Waals surface area (Å²) in [6, 6.07) is 19.9. The van der Waals surface area contributed by atoms with E-state index in [9.17, 15) is 9.90 Å². The van der Waals surface area contributed by atoms with Gasteiger partial charge in [-0.15, -0.1) is 0 Å². The van der Waals surface area contributed by atoms with Crippen molar-refractivity contribution in [2.45, 2.75) is 19.4 Å². The van der Waals surface area contributed by atoms with Crippen LogP contribution in [-0.2, 0) is 13.0 Å². The van der Waals surface area contributed by atoms with Crippen LogP contribution in [0.3, 0.4) is 0 Å². The Morgan fingerprint density at radius 2 is 1.69 bits per heavy atom. The van der Waals surface area contributed by atoms with Crippen molar-refractivity contribution in [1.29, 1.82) is 0 Å². The van der Waals surface area contributed by atoms with Gasteiger partial charge in [0.1, 0.15) is 5.69 Å². The standard InChI is InChI=1S/C23H24ClN3O2/c24-21-17-25-27(15-7-13-19-9-3-1-4-10-19)23(29)22(21)26(14-8-16-28)18-20-11-5-2-6-12-20/h1-7,9-12,15,17,28H,8,13-14,16,18H2/b15-7+. The van der Waals surface area contributed by atoms with Crippen molar-refractivity contribution in [2.75, 3.05) is 18.1 Å². The number of aliphatic hydroxyl groups excluding tert-OH is 1. The maximum absolute atomic E-state index is 13.1. The van der Waals surface area contributed by atoms with E-state index in [-0.39, 0.29) is 12.2 Å². The summed E-state index contributed by atoms with van der Waals surface area (Å²) in [5.74, 6) is 0. The van der Waals surface area contributed by atoms with Crippen molar-refractivity contribution in [1.82, 2.24) is 9.78 Å². The second-order valence-corrected chi connectivity index (χ2v) is 7.06. The lowest BCUT2D eigenvalue weighted by Crippen LogP contribution is -2.33. The minimum Gasteiger partial charge on any atom is -0.396 e. The molecule has 0 amide bonds. The monoisotopic (exact) mass is 409 g/mol. The number of hydrogen-bond donors (Lipinski definition) is 1. The zero-order chi connectivity index (χ0) is 20.5. The number of nitrogens with zero attached hydrogens (tertiary/aromatic N) is 3. The summed E-state index contributed by atoms with van der Waals surface area (Å²) in [6.45, 7) is 1.07. The Kier molecular flexibility index (Phi) is 7.61. The molecule has 0 radical (unpaired) electrons. The SMILES string of the molecule is O=c1c(N(CCCO)Cc2ccccc2)c(Cl)cnn1/C=C/Cc1ccccc1. The normalized spacial score (nSPS) is 11.1. The highest BCUT2D eigenvalue weighted by atomic mass is 35.5. The number of benzene rings is 2. The lowest BCUT2D eigenvalue weighted by Gasteiger charge is -2.25. The van der Waals surface area contributed by atoms with E-state index in [1.54, 1.807) is 6.20 Å². The highest BCUT2D eigenvalue weighted by molar-refractivity contribution is 6.33. The number of anilines is 1. The molecule has 6 heteroatoms. The molecule has 0 bridgehead atoms. The molecule has 0 spiro atoms. The molecule has 150 valence electrons. The van der Waals surface area contributed by atoms with Crippen LogP contribution >= 0.6 is 11.6 Å². The molecule has 0 unspecified atom stereocenters. The predicted octanol–water partition coefficient (Wildman–Crippen LogP) is 4.00. The maximum Gasteiger partial charge on any atom is 0.296 e. The first-order chi connectivity index (χ1) is 14.2. The van der Waals surface area contributed by atoms with E-state index in [1.807, 2.05) is 71.6 Å². The maximum atomic E-state index is 13.1. The number of aliphatic hydroxyl groups is 1. The molecule has 3 rings (SSSR count). The van der Waals surface area contributed by atoms with Gasteiger partial charge in [0.25, 0.3) is 5.56 Å². The van der Waals surface area contributed by atoms with Gasteiger partial charge in [-0.1, -0.05) is 78.3 Å². The lowest BCUT2D eigenvalue weighted by molar-refractivity contribution is 0.289. The largest absolute Gasteiger partial charge is 0.396 e. The van der Waals surface area contributed by atoms with Gasteiger partial charge in [0.15, 0.2) is 0 Å². The molecule has 1 N–H and O–H groups in total. The van der Waals surface area contributed by atoms with Gasteiger partial charge in [-0.3, -0.25) is 4.79 Å². The molecule has 1 heterocycles. The average Bonchev–Trinajstić information content (AvgIpc) is 2.75. The summed E-state index contributed by atoms with van der Waals surface area (Å²) in [5.41, 5.74) is 2.32. The molecular weight excluding hydrogens is 386 g/mol. The second-order valence-electron chi connectivity index (χ2n) is 6.65. The molecule has 0 aliphatic heterocycles. The van der Waals surface area contributed by atoms with E-state index in [1.165, 1.54) is 10.9 Å². The molecule has 0 fully saturated rings. The smallest absolute Gasteiger partial charge is 0.296 e. The highest BCUT2D eigenvalue weighted by Gasteiger charge is 2.17. The first kappa shape index (κ1) is 20.8. The minimum atomic E-state index is -0.282. The first-order valence-electron chi connectivity index (χ1n) is 9.56. The number of allylic oxidation sites excluding steroid dienone is 1. The van der Waals surface area contributed by atoms with Gasteiger partial charge in [0.05, 0.1) is 11.2 Å². The first-order valence-corrected chi connectivity index (χ1v) is 9.94. The Morgan fingerprint density at radius 3 is 2.34 bits per heavy atom. The molecular formula is C23H24ClN3O2. The molecule has 0 aliphatic carbocycles. The Bertz CT molecular complexity index is 988. The molecule has 0 saturated carbocycles. The van der Waals surface area contributed by atoms with Crippen LogP contribution < -0.4 is 10.5 Å². The third-order valence-electron chi connectivity index (χ3n) is 4.49. The van der Waals surface area contributed by atoms with Crippen molar-refractivity contribution in [3.63, 3.8) is 0 Å². The van der Waals surface area contributed by atoms with E-state index < -0.39 is 0 Å². The summed E-state index contributed by atoms with van der Waals surface area (Å²) in [6.07, 6.45) is 6.29. The van der Waals surface area contributed by atoms with Gasteiger partial charge < -0.3 is 10.0 Å². The van der Waals surface area contributed by atoms with Gasteiger partial charge in [0, 0.05) is 25.9 Å². The third-order valence-corrected chi connectivity index (χ3v) is 4.77. The second kappa shape index (κ2) is 10.6. The van der Waals surface area contributed by atoms with Gasteiger partial charge in [-0.05, 0) is 24.0 Å². The summed E-state index contributed by atoms with van der Waals surface area (Å²) in [4.78, 5) is 15.0. The molecule has 29 heavy (non-hydrogen) atoms. The molecule has 2 aromatic carbocycles. The predicted molar refractivity (Wildman–Crippen MR) is 118 cm³/mol. The Hall–Kier alpha value is -2.89. The molecule has 1 aromatic heterocycles. The van der Waals surface area contributed by atoms with Crippen LogP contribution in [-0.4, -0.2) is 28.0 Å². The fourth-order valence-electron chi connectivity index (χ4n) is 3.07. The number of rotatable bonds is 9. The number of halogens is 1. The van der Waals surface area contributed by atoms with Crippen LogP contribution in [0.4, 0.5) is 5.69 Å². The van der Waals surface area contributed by atoms with Crippen LogP contribution in [0.15, 0.2) is 77.7 Å². The summed E-state index contributed by atoms with van der Waals surface area (Å²) in [5, 5.41) is 13.7. The molecule has 3 aromatic rings. The van der Waals surface area contributed by atoms with Crippen LogP contribution in [0.1, 0.15) is 17.5 Å². The van der Waals surface area contributed by atoms with Gasteiger partial charge in [-0.25, -0.2) is 4.68 Å². The number of aromatic nitrogens is 2. The van der Waals surface area contributed by atoms with E-state index in [2.05, 4.69) is 5.10 Å². The Labute approximate surface area is 175 Å². The summed E-state index contributed by atoms with van der Waals surface area (Å²) >= 11 is 6.37. The van der Waals surface area contributed by atoms with Crippen molar-refractivity contribution in [3.8, 4) is 0 Å². The van der Waals surface area contributed by atoms with E-state index in [0.717, 1.165) is 11.1 Å². The third kappa shape index (κ3) is 5.79. The lowest BCUT2D eigenvalue weighted by atomic mass is 10.1. The minimum absolute atomic E-state index is 0.0408. The summed E-state index contributed by atoms with van der Waals surface area (Å²) < 4.78 is 1.31. The zero-order valence-corrected chi connectivity index (χ0v) is 16.9. The van der Waals surface area contributed by atoms with Gasteiger partial charge in [-0.2, -0.15) is 5.10 Å². The molecule has 5 nitrogen and oxygen atoms in total. The van der Waals surface area contributed by atoms with Crippen molar-refractivity contribution < 1.29 is 5.11 Å². The molecule has 0 saturated heterocycles. The van der Waals surface area contributed by atoms with Crippen molar-refractivity contribution in [3.05, 3.63) is 99.4 Å². The fraction of sp³-hybridized carbons (Fsp3) is 0.217. The topological polar surface area (TPSA) is 58.4 Å². The van der Waals surface area contributed by atoms with E-state index in [0.29, 0.717) is 36.6 Å². The van der Waals surface area contributed by atoms with E-state index >= 15 is 0 Å². The van der Waals surface area contributed by atoms with Crippen molar-refractivity contribution in [2.24, 2.45) is 0 Å². The van der Waals surface area contributed by atoms with Crippen molar-refractivity contribution >= 4 is 23.5 Å². The number of hydrogen-bond acceptors (Lipinski definition) is 4. The van der Waals surface area contributed by atoms with Crippen LogP contribution in [0, 0.1) is 0 Å². The van der Waals surface area contributed by atoms with Gasteiger partial charge in [0.2, 0.25) is 0 Å². The van der Waals surface area contributed by atoms with E-state index in [4.69, 9.17) is 11.6 Å². The average molecular weight is 410 g/mol.